The molecule has 1 saturated heterocycles. The van der Waals surface area contributed by atoms with Crippen molar-refractivity contribution in [3.63, 3.8) is 0 Å². The molecule has 1 aliphatic heterocycles. The van der Waals surface area contributed by atoms with Gasteiger partial charge in [0.1, 0.15) is 5.00 Å². The summed E-state index contributed by atoms with van der Waals surface area (Å²) in [5.74, 6) is 1.52. The average Bonchev–Trinajstić information content (AvgIpc) is 3.73. The first-order valence-corrected chi connectivity index (χ1v) is 15.1. The molecule has 1 unspecified atom stereocenters. The number of benzene rings is 1. The number of hydrogen-bond donors (Lipinski definition) is 2. The summed E-state index contributed by atoms with van der Waals surface area (Å²) in [4.78, 5) is 21.8. The van der Waals surface area contributed by atoms with E-state index in [4.69, 9.17) is 4.98 Å². The van der Waals surface area contributed by atoms with Gasteiger partial charge in [-0.25, -0.2) is 9.97 Å². The Balaban J connectivity index is 0.000000249. The monoisotopic (exact) mass is 625 g/mol. The number of carbonyl (C=O) groups is 1. The van der Waals surface area contributed by atoms with Gasteiger partial charge in [0.2, 0.25) is 6.41 Å². The summed E-state index contributed by atoms with van der Waals surface area (Å²) in [5, 5.41) is 11.1. The van der Waals surface area contributed by atoms with Crippen LogP contribution in [0.1, 0.15) is 43.6 Å². The zero-order valence-electron chi connectivity index (χ0n) is 24.7. The molecule has 4 aromatic heterocycles. The van der Waals surface area contributed by atoms with Gasteiger partial charge >= 0.3 is 6.18 Å². The maximum atomic E-state index is 12.0. The number of hydrogen-bond acceptors (Lipinski definition) is 8. The van der Waals surface area contributed by atoms with Crippen molar-refractivity contribution in [3.8, 4) is 11.3 Å². The minimum Gasteiger partial charge on any atom is -0.329 e. The van der Waals surface area contributed by atoms with Crippen LogP contribution in [-0.2, 0) is 24.1 Å². The first-order chi connectivity index (χ1) is 21.1. The minimum absolute atomic E-state index is 0.336. The lowest BCUT2D eigenvalue weighted by molar-refractivity contribution is -0.137. The highest BCUT2D eigenvalue weighted by Gasteiger charge is 2.29. The molecule has 0 spiro atoms. The fraction of sp³-hybridized carbons (Fsp3) is 0.367. The lowest BCUT2D eigenvalue weighted by Gasteiger charge is -2.30. The fourth-order valence-corrected chi connectivity index (χ4v) is 5.78. The highest BCUT2D eigenvalue weighted by molar-refractivity contribution is 7.10. The van der Waals surface area contributed by atoms with E-state index in [-0.39, 0.29) is 0 Å². The normalized spacial score (nSPS) is 15.5. The SMILES string of the molecule is CCn1cc(-c2cnc3c(Nc4cc(CN5CCCC(C)C5)ns4)nc(C)cn23)cn1.O=CNc1ccc(C(F)(F)F)cc1. The van der Waals surface area contributed by atoms with Crippen LogP contribution in [0.2, 0.25) is 0 Å². The number of aromatic nitrogens is 6. The van der Waals surface area contributed by atoms with Crippen LogP contribution in [0.4, 0.5) is 29.7 Å². The van der Waals surface area contributed by atoms with Gasteiger partial charge < -0.3 is 10.6 Å². The number of amides is 1. The standard InChI is InChI=1S/C22H28N8S.C8H6F3NO/c1-4-29-13-17(9-24-29)19-10-23-22-21(25-16(3)12-30(19)22)26-20-8-18(27-31-20)14-28-7-5-6-15(2)11-28;9-8(10,11)6-1-3-7(4-2-6)12-5-13/h8-10,12-13,15H,4-7,11,14H2,1-3H3,(H,25,26);1-5H,(H,12,13). The number of piperidine rings is 1. The number of halogens is 3. The molecule has 5 heterocycles. The molecule has 0 bridgehead atoms. The molecule has 2 N–H and O–H groups in total. The van der Waals surface area contributed by atoms with Gasteiger partial charge in [-0.3, -0.25) is 18.8 Å². The van der Waals surface area contributed by atoms with Crippen molar-refractivity contribution < 1.29 is 18.0 Å². The third-order valence-electron chi connectivity index (χ3n) is 7.23. The van der Waals surface area contributed by atoms with Crippen molar-refractivity contribution in [2.45, 2.75) is 52.9 Å². The molecule has 1 atom stereocenters. The zero-order chi connectivity index (χ0) is 31.3. The van der Waals surface area contributed by atoms with Gasteiger partial charge in [-0.15, -0.1) is 0 Å². The van der Waals surface area contributed by atoms with Crippen molar-refractivity contribution in [3.05, 3.63) is 72.1 Å². The average molecular weight is 626 g/mol. The van der Waals surface area contributed by atoms with Gasteiger partial charge in [0.25, 0.3) is 0 Å². The van der Waals surface area contributed by atoms with Crippen LogP contribution >= 0.6 is 11.5 Å². The lowest BCUT2D eigenvalue weighted by Crippen LogP contribution is -2.33. The number of carbonyl (C=O) groups excluding carboxylic acids is 1. The van der Waals surface area contributed by atoms with E-state index in [1.54, 1.807) is 0 Å². The first-order valence-electron chi connectivity index (χ1n) is 14.3. The van der Waals surface area contributed by atoms with Crippen LogP contribution in [-0.4, -0.2) is 52.9 Å². The molecule has 1 aromatic carbocycles. The van der Waals surface area contributed by atoms with E-state index in [9.17, 15) is 18.0 Å². The summed E-state index contributed by atoms with van der Waals surface area (Å²) >= 11 is 1.48. The summed E-state index contributed by atoms with van der Waals surface area (Å²) in [7, 11) is 0. The van der Waals surface area contributed by atoms with Gasteiger partial charge in [0.15, 0.2) is 11.5 Å². The van der Waals surface area contributed by atoms with Gasteiger partial charge in [0, 0.05) is 43.3 Å². The summed E-state index contributed by atoms with van der Waals surface area (Å²) in [6.45, 7) is 10.5. The highest BCUT2D eigenvalue weighted by atomic mass is 32.1. The maximum absolute atomic E-state index is 12.0. The molecular weight excluding hydrogens is 591 g/mol. The Bertz CT molecular complexity index is 1690. The van der Waals surface area contributed by atoms with Crippen molar-refractivity contribution >= 4 is 40.1 Å². The van der Waals surface area contributed by atoms with E-state index in [0.29, 0.717) is 12.1 Å². The van der Waals surface area contributed by atoms with E-state index in [0.717, 1.165) is 83.3 Å². The molecule has 6 rings (SSSR count). The van der Waals surface area contributed by atoms with E-state index in [1.807, 2.05) is 36.4 Å². The van der Waals surface area contributed by atoms with Crippen LogP contribution in [0.15, 0.2) is 55.1 Å². The number of imidazole rings is 1. The Hall–Kier alpha value is -4.30. The van der Waals surface area contributed by atoms with Gasteiger partial charge in [0.05, 0.1) is 35.0 Å². The van der Waals surface area contributed by atoms with Crippen molar-refractivity contribution in [1.29, 1.82) is 0 Å². The second kappa shape index (κ2) is 13.6. The van der Waals surface area contributed by atoms with E-state index >= 15 is 0 Å². The molecule has 0 radical (unpaired) electrons. The molecule has 1 amide bonds. The smallest absolute Gasteiger partial charge is 0.329 e. The predicted molar refractivity (Wildman–Crippen MR) is 165 cm³/mol. The van der Waals surface area contributed by atoms with E-state index in [2.05, 4.69) is 54.3 Å². The highest BCUT2D eigenvalue weighted by Crippen LogP contribution is 2.30. The third-order valence-corrected chi connectivity index (χ3v) is 7.97. The zero-order valence-corrected chi connectivity index (χ0v) is 25.5. The second-order valence-corrected chi connectivity index (χ2v) is 11.6. The first kappa shape index (κ1) is 31.1. The van der Waals surface area contributed by atoms with E-state index < -0.39 is 11.7 Å². The van der Waals surface area contributed by atoms with Crippen molar-refractivity contribution in [2.75, 3.05) is 23.7 Å². The number of likely N-dealkylation sites (tertiary alicyclic amines) is 1. The molecule has 10 nitrogen and oxygen atoms in total. The van der Waals surface area contributed by atoms with E-state index in [1.165, 1.54) is 36.5 Å². The summed E-state index contributed by atoms with van der Waals surface area (Å²) < 4.78 is 44.7. The largest absolute Gasteiger partial charge is 0.416 e. The fourth-order valence-electron chi connectivity index (χ4n) is 5.12. The quantitative estimate of drug-likeness (QED) is 0.187. The number of anilines is 3. The Morgan fingerprint density at radius 3 is 2.64 bits per heavy atom. The molecule has 1 aliphatic rings. The molecule has 0 aliphatic carbocycles. The van der Waals surface area contributed by atoms with Gasteiger partial charge in [-0.2, -0.15) is 22.6 Å². The molecule has 44 heavy (non-hydrogen) atoms. The number of aryl methyl sites for hydroxylation is 2. The van der Waals surface area contributed by atoms with Gasteiger partial charge in [-0.05, 0) is 81.0 Å². The summed E-state index contributed by atoms with van der Waals surface area (Å²) in [5.41, 5.74) is 4.48. The molecule has 14 heteroatoms. The molecule has 1 fully saturated rings. The molecule has 232 valence electrons. The molecule has 0 saturated carbocycles. The Morgan fingerprint density at radius 1 is 1.16 bits per heavy atom. The number of rotatable bonds is 8. The summed E-state index contributed by atoms with van der Waals surface area (Å²) in [6.07, 6.45) is 6.51. The number of nitrogens with one attached hydrogen (secondary N) is 2. The maximum Gasteiger partial charge on any atom is 0.416 e. The van der Waals surface area contributed by atoms with Crippen LogP contribution in [0.3, 0.4) is 0 Å². The minimum atomic E-state index is -4.33. The van der Waals surface area contributed by atoms with Crippen molar-refractivity contribution in [1.82, 2.24) is 33.4 Å². The third kappa shape index (κ3) is 7.61. The van der Waals surface area contributed by atoms with Crippen molar-refractivity contribution in [2.24, 2.45) is 5.92 Å². The van der Waals surface area contributed by atoms with Crippen LogP contribution < -0.4 is 10.6 Å². The topological polar surface area (TPSA) is 105 Å². The predicted octanol–water partition coefficient (Wildman–Crippen LogP) is 6.63. The molecular formula is C30H34F3N9OS. The second-order valence-electron chi connectivity index (χ2n) is 10.8. The molecule has 5 aromatic rings. The Morgan fingerprint density at radius 2 is 1.95 bits per heavy atom. The summed E-state index contributed by atoms with van der Waals surface area (Å²) in [6, 6.07) is 6.34. The Kier molecular flexibility index (Phi) is 9.59. The number of nitrogens with zero attached hydrogens (tertiary/aromatic N) is 7. The van der Waals surface area contributed by atoms with Crippen LogP contribution in [0, 0.1) is 12.8 Å². The number of fused-ring (bicyclic) bond motifs is 1. The van der Waals surface area contributed by atoms with Gasteiger partial charge in [-0.1, -0.05) is 6.92 Å². The Labute approximate surface area is 257 Å². The lowest BCUT2D eigenvalue weighted by atomic mass is 10.0. The van der Waals surface area contributed by atoms with Crippen LogP contribution in [0.5, 0.6) is 0 Å². The van der Waals surface area contributed by atoms with Crippen LogP contribution in [0.25, 0.3) is 16.9 Å². The number of alkyl halides is 3.